The number of halogens is 2. The number of anilines is 1. The molecule has 126 valence electrons. The van der Waals surface area contributed by atoms with E-state index in [0.29, 0.717) is 39.3 Å². The van der Waals surface area contributed by atoms with Gasteiger partial charge in [-0.25, -0.2) is 0 Å². The van der Waals surface area contributed by atoms with Gasteiger partial charge in [0.2, 0.25) is 0 Å². The van der Waals surface area contributed by atoms with E-state index < -0.39 is 0 Å². The van der Waals surface area contributed by atoms with Crippen LogP contribution in [-0.2, 0) is 0 Å². The average molecular weight is 365 g/mol. The number of carbonyl (C=O) groups is 2. The summed E-state index contributed by atoms with van der Waals surface area (Å²) in [6.07, 6.45) is 0. The van der Waals surface area contributed by atoms with E-state index in [1.807, 2.05) is 13.8 Å². The van der Waals surface area contributed by atoms with E-state index in [4.69, 9.17) is 23.2 Å². The summed E-state index contributed by atoms with van der Waals surface area (Å²) in [5.41, 5.74) is 1.31. The summed E-state index contributed by atoms with van der Waals surface area (Å²) >= 11 is 11.8. The van der Waals surface area contributed by atoms with Crippen LogP contribution in [-0.4, -0.2) is 18.4 Å². The molecule has 0 bridgehead atoms. The summed E-state index contributed by atoms with van der Waals surface area (Å²) in [5.74, 6) is -0.191. The van der Waals surface area contributed by atoms with Crippen LogP contribution in [0.2, 0.25) is 10.0 Å². The van der Waals surface area contributed by atoms with Crippen molar-refractivity contribution in [2.75, 3.05) is 11.9 Å². The molecule has 24 heavy (non-hydrogen) atoms. The molecule has 0 unspecified atom stereocenters. The topological polar surface area (TPSA) is 58.2 Å². The zero-order chi connectivity index (χ0) is 17.7. The molecule has 6 heteroatoms. The minimum atomic E-state index is -0.341. The standard InChI is InChI=1S/C18H18Cl2N2O2/c1-11(2)10-21-17(23)12-4-3-5-13(6-12)18(24)22-16-8-14(19)7-15(20)9-16/h3-9,11H,10H2,1-2H3,(H,21,23)(H,22,24). The van der Waals surface area contributed by atoms with E-state index >= 15 is 0 Å². The molecular weight excluding hydrogens is 347 g/mol. The molecule has 0 atom stereocenters. The average Bonchev–Trinajstić information content (AvgIpc) is 2.51. The Bertz CT molecular complexity index is 740. The van der Waals surface area contributed by atoms with Crippen molar-refractivity contribution in [2.24, 2.45) is 5.92 Å². The van der Waals surface area contributed by atoms with Crippen molar-refractivity contribution in [3.05, 3.63) is 63.6 Å². The maximum atomic E-state index is 12.3. The normalized spacial score (nSPS) is 10.5. The summed E-state index contributed by atoms with van der Waals surface area (Å²) in [6.45, 7) is 4.61. The van der Waals surface area contributed by atoms with E-state index in [1.54, 1.807) is 42.5 Å². The Morgan fingerprint density at radius 2 is 1.54 bits per heavy atom. The highest BCUT2D eigenvalue weighted by atomic mass is 35.5. The van der Waals surface area contributed by atoms with Crippen molar-refractivity contribution in [3.63, 3.8) is 0 Å². The molecule has 0 radical (unpaired) electrons. The van der Waals surface area contributed by atoms with Gasteiger partial charge in [0.1, 0.15) is 0 Å². The lowest BCUT2D eigenvalue weighted by molar-refractivity contribution is 0.0949. The Morgan fingerprint density at radius 3 is 2.12 bits per heavy atom. The first-order valence-electron chi connectivity index (χ1n) is 7.51. The highest BCUT2D eigenvalue weighted by Crippen LogP contribution is 2.23. The van der Waals surface area contributed by atoms with Crippen LogP contribution in [0.5, 0.6) is 0 Å². The molecule has 0 aliphatic rings. The van der Waals surface area contributed by atoms with Gasteiger partial charge in [-0.3, -0.25) is 9.59 Å². The maximum absolute atomic E-state index is 12.3. The van der Waals surface area contributed by atoms with Crippen LogP contribution in [0.15, 0.2) is 42.5 Å². The monoisotopic (exact) mass is 364 g/mol. The van der Waals surface area contributed by atoms with Crippen LogP contribution in [0.4, 0.5) is 5.69 Å². The second kappa shape index (κ2) is 8.18. The van der Waals surface area contributed by atoms with Crippen molar-refractivity contribution in [2.45, 2.75) is 13.8 Å². The first kappa shape index (κ1) is 18.3. The van der Waals surface area contributed by atoms with Gasteiger partial charge in [0, 0.05) is 33.4 Å². The number of carbonyl (C=O) groups excluding carboxylic acids is 2. The highest BCUT2D eigenvalue weighted by Gasteiger charge is 2.11. The molecule has 0 saturated heterocycles. The van der Waals surface area contributed by atoms with E-state index in [9.17, 15) is 9.59 Å². The second-order valence-corrected chi connectivity index (χ2v) is 6.67. The molecule has 4 nitrogen and oxygen atoms in total. The van der Waals surface area contributed by atoms with E-state index in [2.05, 4.69) is 10.6 Å². The predicted octanol–water partition coefficient (Wildman–Crippen LogP) is 4.63. The van der Waals surface area contributed by atoms with Gasteiger partial charge in [-0.2, -0.15) is 0 Å². The van der Waals surface area contributed by atoms with Crippen LogP contribution < -0.4 is 10.6 Å². The fourth-order valence-electron chi connectivity index (χ4n) is 2.03. The Balaban J connectivity index is 2.12. The fourth-order valence-corrected chi connectivity index (χ4v) is 2.56. The molecule has 0 aliphatic heterocycles. The van der Waals surface area contributed by atoms with E-state index in [0.717, 1.165) is 0 Å². The molecule has 2 rings (SSSR count). The first-order valence-corrected chi connectivity index (χ1v) is 8.26. The molecule has 2 N–H and O–H groups in total. The minimum absolute atomic E-state index is 0.204. The summed E-state index contributed by atoms with van der Waals surface area (Å²) in [6, 6.07) is 11.3. The Kier molecular flexibility index (Phi) is 6.23. The quantitative estimate of drug-likeness (QED) is 0.812. The number of hydrogen-bond donors (Lipinski definition) is 2. The SMILES string of the molecule is CC(C)CNC(=O)c1cccc(C(=O)Nc2cc(Cl)cc(Cl)c2)c1. The molecule has 0 saturated carbocycles. The van der Waals surface area contributed by atoms with Crippen LogP contribution in [0.1, 0.15) is 34.6 Å². The molecule has 0 aromatic heterocycles. The predicted molar refractivity (Wildman–Crippen MR) is 98.0 cm³/mol. The smallest absolute Gasteiger partial charge is 0.255 e. The number of rotatable bonds is 5. The molecule has 0 aliphatic carbocycles. The fraction of sp³-hybridized carbons (Fsp3) is 0.222. The molecule has 0 heterocycles. The minimum Gasteiger partial charge on any atom is -0.352 e. The lowest BCUT2D eigenvalue weighted by atomic mass is 10.1. The van der Waals surface area contributed by atoms with Gasteiger partial charge in [-0.15, -0.1) is 0 Å². The Morgan fingerprint density at radius 1 is 0.958 bits per heavy atom. The number of benzene rings is 2. The van der Waals surface area contributed by atoms with Crippen molar-refractivity contribution in [3.8, 4) is 0 Å². The van der Waals surface area contributed by atoms with Crippen molar-refractivity contribution < 1.29 is 9.59 Å². The van der Waals surface area contributed by atoms with Gasteiger partial charge in [-0.1, -0.05) is 43.1 Å². The van der Waals surface area contributed by atoms with Crippen LogP contribution in [0.3, 0.4) is 0 Å². The largest absolute Gasteiger partial charge is 0.352 e. The third-order valence-corrected chi connectivity index (χ3v) is 3.61. The third-order valence-electron chi connectivity index (χ3n) is 3.18. The number of nitrogens with one attached hydrogen (secondary N) is 2. The van der Waals surface area contributed by atoms with Crippen LogP contribution >= 0.6 is 23.2 Å². The van der Waals surface area contributed by atoms with Gasteiger partial charge in [0.25, 0.3) is 11.8 Å². The maximum Gasteiger partial charge on any atom is 0.255 e. The first-order chi connectivity index (χ1) is 11.3. The number of amides is 2. The van der Waals surface area contributed by atoms with Crippen molar-refractivity contribution in [1.82, 2.24) is 5.32 Å². The molecule has 2 amide bonds. The van der Waals surface area contributed by atoms with E-state index in [1.165, 1.54) is 0 Å². The van der Waals surface area contributed by atoms with Gasteiger partial charge in [-0.05, 0) is 42.3 Å². The van der Waals surface area contributed by atoms with Crippen LogP contribution in [0, 0.1) is 5.92 Å². The van der Waals surface area contributed by atoms with Gasteiger partial charge < -0.3 is 10.6 Å². The zero-order valence-corrected chi connectivity index (χ0v) is 14.9. The molecular formula is C18H18Cl2N2O2. The summed E-state index contributed by atoms with van der Waals surface area (Å²) in [4.78, 5) is 24.4. The third kappa shape index (κ3) is 5.25. The summed E-state index contributed by atoms with van der Waals surface area (Å²) in [7, 11) is 0. The van der Waals surface area contributed by atoms with Crippen LogP contribution in [0.25, 0.3) is 0 Å². The molecule has 0 spiro atoms. The van der Waals surface area contributed by atoms with Crippen molar-refractivity contribution in [1.29, 1.82) is 0 Å². The zero-order valence-electron chi connectivity index (χ0n) is 13.4. The molecule has 2 aromatic carbocycles. The summed E-state index contributed by atoms with van der Waals surface area (Å²) in [5, 5.41) is 6.40. The lowest BCUT2D eigenvalue weighted by Crippen LogP contribution is -2.27. The van der Waals surface area contributed by atoms with Gasteiger partial charge >= 0.3 is 0 Å². The Hall–Kier alpha value is -2.04. The van der Waals surface area contributed by atoms with Crippen molar-refractivity contribution >= 4 is 40.7 Å². The lowest BCUT2D eigenvalue weighted by Gasteiger charge is -2.10. The van der Waals surface area contributed by atoms with Gasteiger partial charge in [0.05, 0.1) is 0 Å². The van der Waals surface area contributed by atoms with Gasteiger partial charge in [0.15, 0.2) is 0 Å². The second-order valence-electron chi connectivity index (χ2n) is 5.80. The Labute approximate surface area is 151 Å². The van der Waals surface area contributed by atoms with E-state index in [-0.39, 0.29) is 11.8 Å². The highest BCUT2D eigenvalue weighted by molar-refractivity contribution is 6.35. The summed E-state index contributed by atoms with van der Waals surface area (Å²) < 4.78 is 0. The molecule has 0 fully saturated rings. The molecule has 2 aromatic rings. The number of hydrogen-bond acceptors (Lipinski definition) is 2.